The van der Waals surface area contributed by atoms with Crippen molar-refractivity contribution in [2.24, 2.45) is 10.9 Å². The van der Waals surface area contributed by atoms with Crippen LogP contribution < -0.4 is 0 Å². The van der Waals surface area contributed by atoms with Gasteiger partial charge in [-0.1, -0.05) is 177 Å². The molecule has 0 aliphatic heterocycles. The molecule has 59 heavy (non-hydrogen) atoms. The monoisotopic (exact) mass is 759 g/mol. The molecule has 2 heteroatoms. The van der Waals surface area contributed by atoms with Crippen molar-refractivity contribution < 1.29 is 4.42 Å². The highest BCUT2D eigenvalue weighted by atomic mass is 16.3. The Labute approximate surface area is 346 Å². The third-order valence-corrected chi connectivity index (χ3v) is 12.7. The molecule has 8 aromatic carbocycles. The van der Waals surface area contributed by atoms with Crippen LogP contribution in [-0.4, -0.2) is 5.71 Å². The number of hydrogen-bond acceptors (Lipinski definition) is 2. The van der Waals surface area contributed by atoms with E-state index in [4.69, 9.17) is 9.41 Å². The lowest BCUT2D eigenvalue weighted by atomic mass is 9.73. The zero-order valence-corrected chi connectivity index (χ0v) is 33.7. The van der Waals surface area contributed by atoms with Crippen LogP contribution in [0.4, 0.5) is 0 Å². The van der Waals surface area contributed by atoms with Crippen LogP contribution in [0.3, 0.4) is 0 Å². The van der Waals surface area contributed by atoms with E-state index in [-0.39, 0.29) is 17.4 Å². The zero-order valence-electron chi connectivity index (χ0n) is 33.7. The molecule has 0 fully saturated rings. The molecule has 0 N–H and O–H groups in total. The number of hydrogen-bond donors (Lipinski definition) is 0. The van der Waals surface area contributed by atoms with Crippen LogP contribution in [0.5, 0.6) is 0 Å². The topological polar surface area (TPSA) is 25.5 Å². The molecule has 1 aliphatic rings. The van der Waals surface area contributed by atoms with Crippen molar-refractivity contribution >= 4 is 33.2 Å². The van der Waals surface area contributed by atoms with Crippen LogP contribution in [0.2, 0.25) is 0 Å². The number of fused-ring (bicyclic) bond motifs is 6. The number of nitrogens with zero attached hydrogens (tertiary/aromatic N) is 1. The fourth-order valence-electron chi connectivity index (χ4n) is 9.43. The van der Waals surface area contributed by atoms with E-state index in [1.807, 2.05) is 0 Å². The van der Waals surface area contributed by atoms with Gasteiger partial charge in [-0.3, -0.25) is 4.99 Å². The first-order valence-corrected chi connectivity index (χ1v) is 20.6. The van der Waals surface area contributed by atoms with Gasteiger partial charge in [-0.25, -0.2) is 0 Å². The van der Waals surface area contributed by atoms with Gasteiger partial charge in [0.05, 0.1) is 6.04 Å². The molecule has 3 unspecified atom stereocenters. The molecule has 0 saturated heterocycles. The van der Waals surface area contributed by atoms with Crippen molar-refractivity contribution in [1.82, 2.24) is 0 Å². The smallest absolute Gasteiger partial charge is 0.135 e. The molecular weight excluding hydrogens is 715 g/mol. The van der Waals surface area contributed by atoms with Gasteiger partial charge in [0.15, 0.2) is 0 Å². The fraction of sp³-hybridized carbons (Fsp3) is 0.105. The van der Waals surface area contributed by atoms with Gasteiger partial charge in [0.25, 0.3) is 0 Å². The Balaban J connectivity index is 1.12. The normalized spacial score (nSPS) is 15.8. The summed E-state index contributed by atoms with van der Waals surface area (Å²) in [6.07, 6.45) is 0. The first-order chi connectivity index (χ1) is 28.9. The van der Waals surface area contributed by atoms with Crippen LogP contribution in [0.1, 0.15) is 60.2 Å². The highest BCUT2D eigenvalue weighted by molar-refractivity contribution is 6.08. The van der Waals surface area contributed by atoms with E-state index >= 15 is 0 Å². The van der Waals surface area contributed by atoms with Gasteiger partial charge in [0.1, 0.15) is 11.2 Å². The van der Waals surface area contributed by atoms with Crippen LogP contribution in [0.25, 0.3) is 60.9 Å². The van der Waals surface area contributed by atoms with Gasteiger partial charge in [-0.05, 0) is 117 Å². The summed E-state index contributed by atoms with van der Waals surface area (Å²) in [7, 11) is 0. The second-order valence-electron chi connectivity index (χ2n) is 16.1. The van der Waals surface area contributed by atoms with Crippen molar-refractivity contribution in [2.45, 2.75) is 32.2 Å². The van der Waals surface area contributed by atoms with Crippen LogP contribution in [0, 0.1) is 5.92 Å². The molecule has 284 valence electrons. The SMILES string of the molecule is C=C(c1ccccc1)C(C)C(N=C(C)c1ccccc1)c1cccc2oc3ccc(C4(C)c5ccccc5-c5cc(-c6cccc(-c7ccccc7)c6)ccc54)cc3c12. The van der Waals surface area contributed by atoms with Gasteiger partial charge < -0.3 is 4.42 Å². The fourth-order valence-corrected chi connectivity index (χ4v) is 9.43. The molecule has 3 atom stereocenters. The predicted octanol–water partition coefficient (Wildman–Crippen LogP) is 15.2. The Morgan fingerprint density at radius 2 is 1.15 bits per heavy atom. The van der Waals surface area contributed by atoms with Crippen molar-refractivity contribution in [2.75, 3.05) is 0 Å². The highest BCUT2D eigenvalue weighted by Crippen LogP contribution is 2.54. The first kappa shape index (κ1) is 36.3. The maximum absolute atomic E-state index is 6.68. The minimum atomic E-state index is -0.389. The van der Waals surface area contributed by atoms with Crippen LogP contribution in [0.15, 0.2) is 210 Å². The average Bonchev–Trinajstić information content (AvgIpc) is 3.81. The Morgan fingerprint density at radius 1 is 0.542 bits per heavy atom. The van der Waals surface area contributed by atoms with Gasteiger partial charge in [0, 0.05) is 27.8 Å². The Bertz CT molecular complexity index is 3050. The first-order valence-electron chi connectivity index (χ1n) is 20.6. The molecule has 1 aliphatic carbocycles. The molecule has 1 heterocycles. The summed E-state index contributed by atoms with van der Waals surface area (Å²) in [4.78, 5) is 5.54. The van der Waals surface area contributed by atoms with Gasteiger partial charge in [-0.15, -0.1) is 0 Å². The number of aliphatic imine (C=N–C) groups is 1. The van der Waals surface area contributed by atoms with Gasteiger partial charge >= 0.3 is 0 Å². The molecule has 9 aromatic rings. The Morgan fingerprint density at radius 3 is 1.92 bits per heavy atom. The van der Waals surface area contributed by atoms with E-state index < -0.39 is 0 Å². The standard InChI is InChI=1S/C57H45NO/c1-37(40-18-8-5-9-19-40)38(2)56(58-39(3)41-20-10-6-11-21-41)48-27-17-29-54-55(48)50-36-46(31-33-53(50)59-54)57(4)51-28-15-14-26-47(51)49-35-45(30-32-52(49)57)44-25-16-24-43(34-44)42-22-12-7-13-23-42/h5-36,38,56H,1H2,2-4H3. The second-order valence-corrected chi connectivity index (χ2v) is 16.1. The molecule has 0 amide bonds. The number of rotatable bonds is 9. The predicted molar refractivity (Wildman–Crippen MR) is 248 cm³/mol. The minimum absolute atomic E-state index is 0.00322. The molecule has 0 radical (unpaired) electrons. The lowest BCUT2D eigenvalue weighted by Gasteiger charge is -2.28. The van der Waals surface area contributed by atoms with E-state index in [9.17, 15) is 0 Å². The summed E-state index contributed by atoms with van der Waals surface area (Å²) < 4.78 is 6.68. The lowest BCUT2D eigenvalue weighted by Crippen LogP contribution is -2.22. The summed E-state index contributed by atoms with van der Waals surface area (Å²) in [6.45, 7) is 11.4. The van der Waals surface area contributed by atoms with Crippen molar-refractivity contribution in [3.05, 3.63) is 234 Å². The third kappa shape index (κ3) is 6.24. The molecular formula is C57H45NO. The molecule has 2 nitrogen and oxygen atoms in total. The molecule has 0 spiro atoms. The summed E-state index contributed by atoms with van der Waals surface area (Å²) in [5.74, 6) is 0.00322. The van der Waals surface area contributed by atoms with Gasteiger partial charge in [0.2, 0.25) is 0 Å². The second kappa shape index (κ2) is 14.7. The van der Waals surface area contributed by atoms with E-state index in [1.165, 1.54) is 50.1 Å². The summed E-state index contributed by atoms with van der Waals surface area (Å²) in [6, 6.07) is 69.5. The maximum Gasteiger partial charge on any atom is 0.135 e. The van der Waals surface area contributed by atoms with Crippen molar-refractivity contribution in [3.63, 3.8) is 0 Å². The average molecular weight is 760 g/mol. The van der Waals surface area contributed by atoms with Gasteiger partial charge in [-0.2, -0.15) is 0 Å². The van der Waals surface area contributed by atoms with E-state index in [2.05, 4.69) is 221 Å². The quantitative estimate of drug-likeness (QED) is 0.135. The lowest BCUT2D eigenvalue weighted by molar-refractivity contribution is 0.588. The van der Waals surface area contributed by atoms with E-state index in [0.717, 1.165) is 49.9 Å². The van der Waals surface area contributed by atoms with Crippen molar-refractivity contribution in [3.8, 4) is 33.4 Å². The molecule has 0 bridgehead atoms. The summed E-state index contributed by atoms with van der Waals surface area (Å²) >= 11 is 0. The van der Waals surface area contributed by atoms with Crippen LogP contribution >= 0.6 is 0 Å². The Kier molecular flexibility index (Phi) is 9.06. The zero-order chi connectivity index (χ0) is 40.1. The summed E-state index contributed by atoms with van der Waals surface area (Å²) in [5.41, 5.74) is 18.0. The number of benzene rings is 8. The molecule has 0 saturated carbocycles. The summed E-state index contributed by atoms with van der Waals surface area (Å²) in [5, 5.41) is 2.21. The number of furan rings is 1. The third-order valence-electron chi connectivity index (χ3n) is 12.7. The van der Waals surface area contributed by atoms with E-state index in [1.54, 1.807) is 0 Å². The Hall–Kier alpha value is -7.03. The van der Waals surface area contributed by atoms with Crippen molar-refractivity contribution in [1.29, 1.82) is 0 Å². The molecule has 10 rings (SSSR count). The van der Waals surface area contributed by atoms with E-state index in [0.29, 0.717) is 0 Å². The van der Waals surface area contributed by atoms with Crippen LogP contribution in [-0.2, 0) is 5.41 Å². The highest BCUT2D eigenvalue weighted by Gasteiger charge is 2.41. The maximum atomic E-state index is 6.68. The largest absolute Gasteiger partial charge is 0.456 e. The molecule has 1 aromatic heterocycles. The minimum Gasteiger partial charge on any atom is -0.456 e.